The fraction of sp³-hybridized carbons (Fsp3) is 0.222. The van der Waals surface area contributed by atoms with E-state index >= 15 is 0 Å². The van der Waals surface area contributed by atoms with Gasteiger partial charge in [0, 0.05) is 19.2 Å². The molecule has 1 aromatic rings. The van der Waals surface area contributed by atoms with E-state index in [0.29, 0.717) is 0 Å². The Bertz CT molecular complexity index is 376. The van der Waals surface area contributed by atoms with Gasteiger partial charge in [0.15, 0.2) is 10.5 Å². The number of pyridine rings is 1. The topological polar surface area (TPSA) is 29.7 Å². The van der Waals surface area contributed by atoms with Gasteiger partial charge in [-0.2, -0.15) is 5.10 Å². The molecule has 0 aromatic carbocycles. The van der Waals surface area contributed by atoms with Crippen molar-refractivity contribution in [2.24, 2.45) is 5.10 Å². The first-order valence-corrected chi connectivity index (χ1v) is 11.4. The van der Waals surface area contributed by atoms with Crippen LogP contribution in [0.15, 0.2) is 29.5 Å². The molecule has 0 saturated heterocycles. The molecular formula is C9H12Cl3CrN3S2+. The summed E-state index contributed by atoms with van der Waals surface area (Å²) in [6, 6.07) is 5.82. The van der Waals surface area contributed by atoms with Crippen molar-refractivity contribution in [2.45, 2.75) is 0 Å². The number of halogens is 3. The molecule has 1 rings (SSSR count). The number of nitrogens with one attached hydrogen (secondary N) is 1. The monoisotopic (exact) mass is 383 g/mol. The van der Waals surface area contributed by atoms with Crippen LogP contribution in [-0.2, 0) is 11.4 Å². The average Bonchev–Trinajstić information content (AvgIpc) is 2.35. The summed E-state index contributed by atoms with van der Waals surface area (Å²) in [6.07, 6.45) is 5.53. The van der Waals surface area contributed by atoms with Gasteiger partial charge in [0.05, 0.1) is 0 Å². The molecule has 0 saturated carbocycles. The van der Waals surface area contributed by atoms with Gasteiger partial charge in [0.1, 0.15) is 6.21 Å². The third-order valence-corrected chi connectivity index (χ3v) is 2.92. The molecule has 1 aromatic heterocycles. The van der Waals surface area contributed by atoms with Gasteiger partial charge >= 0.3 is 41.5 Å². The molecule has 1 N–H and O–H groups in total. The van der Waals surface area contributed by atoms with Crippen molar-refractivity contribution in [3.05, 3.63) is 30.1 Å². The predicted octanol–water partition coefficient (Wildman–Crippen LogP) is 3.48. The molecule has 0 spiro atoms. The van der Waals surface area contributed by atoms with Crippen molar-refractivity contribution in [1.29, 1.82) is 0 Å². The normalized spacial score (nSPS) is 10.1. The zero-order valence-electron chi connectivity index (χ0n) is 9.64. The van der Waals surface area contributed by atoms with Crippen molar-refractivity contribution < 1.29 is 16.4 Å². The summed E-state index contributed by atoms with van der Waals surface area (Å²) in [5.74, 6) is 0. The maximum atomic E-state index is 5.06. The molecule has 0 atom stereocenters. The van der Waals surface area contributed by atoms with E-state index in [4.69, 9.17) is 42.4 Å². The van der Waals surface area contributed by atoms with Crippen LogP contribution in [0.25, 0.3) is 0 Å². The van der Waals surface area contributed by atoms with Crippen molar-refractivity contribution in [1.82, 2.24) is 5.01 Å². The number of thiocarbonyl (C=S) groups is 1. The summed E-state index contributed by atoms with van der Waals surface area (Å²) in [5.41, 5.74) is 0.947. The molecule has 0 aliphatic carbocycles. The summed E-state index contributed by atoms with van der Waals surface area (Å²) < 4.78 is 0.747. The minimum atomic E-state index is -1.62. The Labute approximate surface area is 134 Å². The number of hydrogen-bond acceptors (Lipinski definition) is 3. The molecular weight excluding hydrogens is 373 g/mol. The van der Waals surface area contributed by atoms with E-state index in [9.17, 15) is 0 Å². The van der Waals surface area contributed by atoms with E-state index in [1.165, 1.54) is 11.8 Å². The molecule has 3 nitrogen and oxygen atoms in total. The van der Waals surface area contributed by atoms with Crippen molar-refractivity contribution in [3.8, 4) is 0 Å². The van der Waals surface area contributed by atoms with Gasteiger partial charge in [-0.1, -0.05) is 24.0 Å². The molecule has 9 heteroatoms. The van der Waals surface area contributed by atoms with E-state index in [1.807, 2.05) is 37.7 Å². The first kappa shape index (κ1) is 18.5. The number of aromatic amines is 1. The third-order valence-electron chi connectivity index (χ3n) is 1.54. The van der Waals surface area contributed by atoms with Gasteiger partial charge in [-0.25, -0.2) is 4.98 Å². The SMILES string of the molecule is CSC(=S)N(C)N=Cc1cccc[nH+]1.[Cl][Cr]([Cl])[Cl]. The number of rotatable bonds is 2. The van der Waals surface area contributed by atoms with Crippen LogP contribution < -0.4 is 4.98 Å². The fourth-order valence-electron chi connectivity index (χ4n) is 0.816. The summed E-state index contributed by atoms with van der Waals surface area (Å²) in [7, 11) is 16.6. The number of nitrogens with zero attached hydrogens (tertiary/aromatic N) is 2. The summed E-state index contributed by atoms with van der Waals surface area (Å²) in [6.45, 7) is 0. The number of hydrazone groups is 1. The van der Waals surface area contributed by atoms with Gasteiger partial charge in [0.2, 0.25) is 5.69 Å². The van der Waals surface area contributed by atoms with Crippen LogP contribution >= 0.6 is 54.1 Å². The van der Waals surface area contributed by atoms with Gasteiger partial charge in [-0.15, -0.1) is 0 Å². The van der Waals surface area contributed by atoms with Crippen LogP contribution in [0.3, 0.4) is 0 Å². The van der Waals surface area contributed by atoms with Gasteiger partial charge in [-0.3, -0.25) is 5.01 Å². The first-order chi connectivity index (χ1) is 8.47. The van der Waals surface area contributed by atoms with Crippen LogP contribution in [0.2, 0.25) is 0 Å². The van der Waals surface area contributed by atoms with Crippen molar-refractivity contribution in [3.63, 3.8) is 0 Å². The van der Waals surface area contributed by atoms with Crippen LogP contribution in [0.1, 0.15) is 5.69 Å². The van der Waals surface area contributed by atoms with E-state index in [0.717, 1.165) is 10.0 Å². The molecule has 0 bridgehead atoms. The summed E-state index contributed by atoms with van der Waals surface area (Å²) in [4.78, 5) is 3.05. The molecule has 0 amide bonds. The predicted molar refractivity (Wildman–Crippen MR) is 82.0 cm³/mol. The van der Waals surface area contributed by atoms with Crippen molar-refractivity contribution in [2.75, 3.05) is 13.3 Å². The van der Waals surface area contributed by atoms with Crippen LogP contribution in [0.4, 0.5) is 0 Å². The molecule has 0 aliphatic rings. The molecule has 0 radical (unpaired) electrons. The molecule has 1 heterocycles. The van der Waals surface area contributed by atoms with E-state index < -0.39 is 11.4 Å². The Kier molecular flexibility index (Phi) is 11.6. The Hall–Kier alpha value is 0.462. The molecule has 0 unspecified atom stereocenters. The molecule has 101 valence electrons. The number of hydrogen-bond donors (Lipinski definition) is 0. The Morgan fingerprint density at radius 2 is 2.11 bits per heavy atom. The minimum absolute atomic E-state index is 0.747. The van der Waals surface area contributed by atoms with E-state index in [1.54, 1.807) is 11.2 Å². The van der Waals surface area contributed by atoms with Crippen molar-refractivity contribution >= 4 is 64.7 Å². The molecule has 18 heavy (non-hydrogen) atoms. The second kappa shape index (κ2) is 11.3. The van der Waals surface area contributed by atoms with Gasteiger partial charge in [-0.05, 0) is 12.3 Å². The molecule has 0 aliphatic heterocycles. The fourth-order valence-corrected chi connectivity index (χ4v) is 1.17. The van der Waals surface area contributed by atoms with Gasteiger partial charge in [0.25, 0.3) is 0 Å². The van der Waals surface area contributed by atoms with E-state index in [-0.39, 0.29) is 0 Å². The van der Waals surface area contributed by atoms with Crippen LogP contribution in [-0.4, -0.2) is 28.8 Å². The third kappa shape index (κ3) is 10.4. The van der Waals surface area contributed by atoms with Crippen LogP contribution in [0.5, 0.6) is 0 Å². The van der Waals surface area contributed by atoms with Crippen LogP contribution in [0, 0.1) is 0 Å². The summed E-state index contributed by atoms with van der Waals surface area (Å²) in [5, 5.41) is 5.85. The molecule has 0 fully saturated rings. The van der Waals surface area contributed by atoms with E-state index in [2.05, 4.69) is 10.1 Å². The average molecular weight is 385 g/mol. The number of thioether (sulfide) groups is 1. The quantitative estimate of drug-likeness (QED) is 0.444. The van der Waals surface area contributed by atoms with Gasteiger partial charge < -0.3 is 0 Å². The standard InChI is InChI=1S/C9H11N3S2.3ClH.Cr/c1-12(9(13)14-2)11-7-8-5-3-4-6-10-8;;;;/h3-7H,1-2H3;3*1H;/q;;;;+3/p-2. The Balaban J connectivity index is 0.000000631. The number of H-pyrrole nitrogens is 1. The summed E-state index contributed by atoms with van der Waals surface area (Å²) >= 11 is 4.93. The zero-order valence-corrected chi connectivity index (χ0v) is 14.8. The Morgan fingerprint density at radius 3 is 2.56 bits per heavy atom. The number of aromatic nitrogens is 1. The second-order valence-electron chi connectivity index (χ2n) is 2.73. The zero-order chi connectivity index (χ0) is 14.0. The maximum absolute atomic E-state index is 5.06. The second-order valence-corrected chi connectivity index (χ2v) is 10.5. The Morgan fingerprint density at radius 1 is 1.50 bits per heavy atom. The first-order valence-electron chi connectivity index (χ1n) is 4.52.